The second-order valence-corrected chi connectivity index (χ2v) is 6.02. The molecule has 23 heavy (non-hydrogen) atoms. The quantitative estimate of drug-likeness (QED) is 0.829. The van der Waals surface area contributed by atoms with Gasteiger partial charge in [0, 0.05) is 45.0 Å². The molecule has 0 saturated carbocycles. The molecule has 2 aliphatic heterocycles. The first kappa shape index (κ1) is 15.7. The second-order valence-electron chi connectivity index (χ2n) is 6.02. The standard InChI is InChI=1S/C16H21FN4O2/c1-18-6-8-19(9-7-18)15(22)12-20-10-11-21(16(20)23)14-4-2-13(17)3-5-14/h2-5H,6-12H2,1H3. The van der Waals surface area contributed by atoms with Crippen LogP contribution in [0.1, 0.15) is 0 Å². The summed E-state index contributed by atoms with van der Waals surface area (Å²) in [5, 5.41) is 0. The Morgan fingerprint density at radius 1 is 1.04 bits per heavy atom. The minimum Gasteiger partial charge on any atom is -0.339 e. The Labute approximate surface area is 135 Å². The van der Waals surface area contributed by atoms with E-state index >= 15 is 0 Å². The highest BCUT2D eigenvalue weighted by molar-refractivity contribution is 5.96. The van der Waals surface area contributed by atoms with E-state index in [1.807, 2.05) is 11.9 Å². The fourth-order valence-electron chi connectivity index (χ4n) is 2.91. The van der Waals surface area contributed by atoms with Gasteiger partial charge in [0.2, 0.25) is 5.91 Å². The number of amides is 3. The molecule has 1 aromatic rings. The lowest BCUT2D eigenvalue weighted by Gasteiger charge is -2.33. The molecule has 0 radical (unpaired) electrons. The number of nitrogens with zero attached hydrogens (tertiary/aromatic N) is 4. The summed E-state index contributed by atoms with van der Waals surface area (Å²) in [5.41, 5.74) is 0.658. The number of halogens is 1. The van der Waals surface area contributed by atoms with Crippen LogP contribution in [0.3, 0.4) is 0 Å². The molecule has 0 bridgehead atoms. The van der Waals surface area contributed by atoms with E-state index in [0.717, 1.165) is 13.1 Å². The third-order valence-electron chi connectivity index (χ3n) is 4.42. The molecule has 3 rings (SSSR count). The normalized spacial score (nSPS) is 19.6. The number of urea groups is 1. The van der Waals surface area contributed by atoms with Crippen LogP contribution < -0.4 is 4.90 Å². The zero-order valence-electron chi connectivity index (χ0n) is 13.2. The van der Waals surface area contributed by atoms with Crippen LogP contribution in [-0.4, -0.2) is 79.5 Å². The molecule has 0 atom stereocenters. The van der Waals surface area contributed by atoms with Gasteiger partial charge in [0.1, 0.15) is 12.4 Å². The van der Waals surface area contributed by atoms with Gasteiger partial charge in [-0.3, -0.25) is 9.69 Å². The molecule has 0 N–H and O–H groups in total. The zero-order valence-corrected chi connectivity index (χ0v) is 13.2. The first-order valence-electron chi connectivity index (χ1n) is 7.83. The predicted molar refractivity (Wildman–Crippen MR) is 84.8 cm³/mol. The van der Waals surface area contributed by atoms with Crippen molar-refractivity contribution in [1.29, 1.82) is 0 Å². The van der Waals surface area contributed by atoms with Gasteiger partial charge in [-0.1, -0.05) is 0 Å². The van der Waals surface area contributed by atoms with Gasteiger partial charge in [-0.15, -0.1) is 0 Å². The minimum atomic E-state index is -0.331. The van der Waals surface area contributed by atoms with Gasteiger partial charge in [-0.2, -0.15) is 0 Å². The van der Waals surface area contributed by atoms with Crippen LogP contribution in [0.5, 0.6) is 0 Å². The summed E-state index contributed by atoms with van der Waals surface area (Å²) < 4.78 is 13.0. The van der Waals surface area contributed by atoms with Gasteiger partial charge in [-0.25, -0.2) is 9.18 Å². The SMILES string of the molecule is CN1CCN(C(=O)CN2CCN(c3ccc(F)cc3)C2=O)CC1. The number of rotatable bonds is 3. The van der Waals surface area contributed by atoms with Crippen LogP contribution in [0.15, 0.2) is 24.3 Å². The van der Waals surface area contributed by atoms with E-state index in [1.54, 1.807) is 21.9 Å². The van der Waals surface area contributed by atoms with E-state index in [0.29, 0.717) is 31.9 Å². The van der Waals surface area contributed by atoms with Crippen molar-refractivity contribution in [1.82, 2.24) is 14.7 Å². The van der Waals surface area contributed by atoms with Gasteiger partial charge in [-0.05, 0) is 31.3 Å². The topological polar surface area (TPSA) is 47.1 Å². The minimum absolute atomic E-state index is 0.00703. The van der Waals surface area contributed by atoms with Crippen molar-refractivity contribution in [3.8, 4) is 0 Å². The summed E-state index contributed by atoms with van der Waals surface area (Å²) in [5.74, 6) is -0.338. The lowest BCUT2D eigenvalue weighted by Crippen LogP contribution is -2.50. The average molecular weight is 320 g/mol. The summed E-state index contributed by atoms with van der Waals surface area (Å²) in [4.78, 5) is 31.9. The highest BCUT2D eigenvalue weighted by Crippen LogP contribution is 2.20. The van der Waals surface area contributed by atoms with Gasteiger partial charge in [0.25, 0.3) is 0 Å². The fraction of sp³-hybridized carbons (Fsp3) is 0.500. The van der Waals surface area contributed by atoms with Crippen molar-refractivity contribution in [2.75, 3.05) is 57.8 Å². The maximum Gasteiger partial charge on any atom is 0.325 e. The van der Waals surface area contributed by atoms with E-state index in [-0.39, 0.29) is 24.3 Å². The van der Waals surface area contributed by atoms with Crippen LogP contribution in [-0.2, 0) is 4.79 Å². The van der Waals surface area contributed by atoms with E-state index in [2.05, 4.69) is 4.90 Å². The van der Waals surface area contributed by atoms with Gasteiger partial charge >= 0.3 is 6.03 Å². The molecule has 0 aromatic heterocycles. The first-order chi connectivity index (χ1) is 11.0. The molecule has 2 fully saturated rings. The predicted octanol–water partition coefficient (Wildman–Crippen LogP) is 0.842. The summed E-state index contributed by atoms with van der Waals surface area (Å²) in [6, 6.07) is 5.64. The van der Waals surface area contributed by atoms with Crippen molar-refractivity contribution < 1.29 is 14.0 Å². The zero-order chi connectivity index (χ0) is 16.4. The van der Waals surface area contributed by atoms with E-state index in [9.17, 15) is 14.0 Å². The molecule has 0 unspecified atom stereocenters. The Morgan fingerprint density at radius 2 is 1.70 bits per heavy atom. The highest BCUT2D eigenvalue weighted by atomic mass is 19.1. The number of carbonyl (C=O) groups excluding carboxylic acids is 2. The molecule has 3 amide bonds. The molecule has 124 valence electrons. The van der Waals surface area contributed by atoms with Crippen molar-refractivity contribution in [3.05, 3.63) is 30.1 Å². The Morgan fingerprint density at radius 3 is 2.35 bits per heavy atom. The maximum absolute atomic E-state index is 13.0. The molecule has 0 aliphatic carbocycles. The third kappa shape index (κ3) is 3.44. The van der Waals surface area contributed by atoms with Crippen LogP contribution >= 0.6 is 0 Å². The molecule has 6 nitrogen and oxygen atoms in total. The van der Waals surface area contributed by atoms with Crippen LogP contribution in [0.4, 0.5) is 14.9 Å². The smallest absolute Gasteiger partial charge is 0.325 e. The Kier molecular flexibility index (Phi) is 4.47. The highest BCUT2D eigenvalue weighted by Gasteiger charge is 2.32. The fourth-order valence-corrected chi connectivity index (χ4v) is 2.91. The molecule has 0 spiro atoms. The number of carbonyl (C=O) groups is 2. The second kappa shape index (κ2) is 6.54. The summed E-state index contributed by atoms with van der Waals surface area (Å²) >= 11 is 0. The number of hydrogen-bond acceptors (Lipinski definition) is 3. The number of piperazine rings is 1. The van der Waals surface area contributed by atoms with Gasteiger partial charge < -0.3 is 14.7 Å². The number of likely N-dealkylation sites (N-methyl/N-ethyl adjacent to an activating group) is 1. The Balaban J connectivity index is 1.58. The average Bonchev–Trinajstić information content (AvgIpc) is 2.90. The maximum atomic E-state index is 13.0. The largest absolute Gasteiger partial charge is 0.339 e. The summed E-state index contributed by atoms with van der Waals surface area (Å²) in [6.07, 6.45) is 0. The molecule has 2 aliphatic rings. The summed E-state index contributed by atoms with van der Waals surface area (Å²) in [6.45, 7) is 4.28. The molecule has 2 saturated heterocycles. The van der Waals surface area contributed by atoms with E-state index < -0.39 is 0 Å². The molecule has 1 aromatic carbocycles. The van der Waals surface area contributed by atoms with Gasteiger partial charge in [0.05, 0.1) is 0 Å². The molecular formula is C16H21FN4O2. The number of anilines is 1. The lowest BCUT2D eigenvalue weighted by molar-refractivity contribution is -0.133. The Bertz CT molecular complexity index is 584. The third-order valence-corrected chi connectivity index (χ3v) is 4.42. The van der Waals surface area contributed by atoms with Crippen LogP contribution in [0.25, 0.3) is 0 Å². The Hall–Kier alpha value is -2.15. The molecule has 7 heteroatoms. The first-order valence-corrected chi connectivity index (χ1v) is 7.83. The van der Waals surface area contributed by atoms with Gasteiger partial charge in [0.15, 0.2) is 0 Å². The lowest BCUT2D eigenvalue weighted by atomic mass is 10.3. The van der Waals surface area contributed by atoms with E-state index in [1.165, 1.54) is 12.1 Å². The van der Waals surface area contributed by atoms with Crippen LogP contribution in [0, 0.1) is 5.82 Å². The van der Waals surface area contributed by atoms with Crippen molar-refractivity contribution in [3.63, 3.8) is 0 Å². The van der Waals surface area contributed by atoms with Crippen molar-refractivity contribution in [2.45, 2.75) is 0 Å². The number of hydrogen-bond donors (Lipinski definition) is 0. The molecule has 2 heterocycles. The summed E-state index contributed by atoms with van der Waals surface area (Å²) in [7, 11) is 2.03. The number of benzene rings is 1. The van der Waals surface area contributed by atoms with Crippen LogP contribution in [0.2, 0.25) is 0 Å². The van der Waals surface area contributed by atoms with E-state index in [4.69, 9.17) is 0 Å². The molecular weight excluding hydrogens is 299 g/mol. The monoisotopic (exact) mass is 320 g/mol. The van der Waals surface area contributed by atoms with Crippen molar-refractivity contribution in [2.24, 2.45) is 0 Å². The van der Waals surface area contributed by atoms with Crippen molar-refractivity contribution >= 4 is 17.6 Å².